The second-order valence-corrected chi connectivity index (χ2v) is 9.18. The van der Waals surface area contributed by atoms with Gasteiger partial charge in [-0.2, -0.15) is 0 Å². The van der Waals surface area contributed by atoms with E-state index in [1.807, 2.05) is 11.8 Å². The summed E-state index contributed by atoms with van der Waals surface area (Å²) in [7, 11) is 0. The summed E-state index contributed by atoms with van der Waals surface area (Å²) in [6.07, 6.45) is 0.378. The van der Waals surface area contributed by atoms with Gasteiger partial charge in [0.15, 0.2) is 5.78 Å². The highest BCUT2D eigenvalue weighted by molar-refractivity contribution is 6.42. The zero-order chi connectivity index (χ0) is 22.3. The van der Waals surface area contributed by atoms with Gasteiger partial charge in [-0.3, -0.25) is 9.59 Å². The first-order valence-corrected chi connectivity index (χ1v) is 11.4. The van der Waals surface area contributed by atoms with Crippen molar-refractivity contribution in [3.63, 3.8) is 0 Å². The fourth-order valence-corrected chi connectivity index (χ4v) is 4.89. The third kappa shape index (κ3) is 4.19. The molecule has 1 aromatic carbocycles. The largest absolute Gasteiger partial charge is 0.361 e. The number of ketones is 1. The predicted molar refractivity (Wildman–Crippen MR) is 122 cm³/mol. The molecule has 3 atom stereocenters. The molecule has 1 aliphatic carbocycles. The first kappa shape index (κ1) is 22.1. The molecule has 0 saturated carbocycles. The van der Waals surface area contributed by atoms with Gasteiger partial charge in [0.05, 0.1) is 21.7 Å². The molecule has 9 heteroatoms. The number of piperazine rings is 1. The minimum absolute atomic E-state index is 0.00882. The van der Waals surface area contributed by atoms with E-state index in [-0.39, 0.29) is 30.3 Å². The number of aliphatic imine (C=N–C) groups is 1. The molecular weight excluding hydrogens is 437 g/mol. The van der Waals surface area contributed by atoms with Crippen molar-refractivity contribution >= 4 is 40.7 Å². The Kier molecular flexibility index (Phi) is 6.28. The Bertz CT molecular complexity index is 969. The van der Waals surface area contributed by atoms with Crippen molar-refractivity contribution < 1.29 is 9.59 Å². The summed E-state index contributed by atoms with van der Waals surface area (Å²) < 4.78 is 0. The van der Waals surface area contributed by atoms with Gasteiger partial charge in [0.25, 0.3) is 0 Å². The molecule has 3 N–H and O–H groups in total. The third-order valence-electron chi connectivity index (χ3n) is 6.21. The highest BCUT2D eigenvalue weighted by atomic mass is 35.5. The van der Waals surface area contributed by atoms with Crippen LogP contribution in [0.5, 0.6) is 0 Å². The zero-order valence-electron chi connectivity index (χ0n) is 17.7. The summed E-state index contributed by atoms with van der Waals surface area (Å²) in [5.74, 6) is 0.733. The number of nitrogens with zero attached hydrogens (tertiary/aromatic N) is 3. The molecule has 7 nitrogen and oxygen atoms in total. The molecule has 166 valence electrons. The number of rotatable bonds is 3. The number of hydrogen-bond donors (Lipinski definition) is 2. The fraction of sp³-hybridized carbons (Fsp3) is 0.500. The molecular formula is C22H27Cl2N5O2. The Hall–Kier alpha value is -2.09. The number of carbonyl (C=O) groups is 2. The smallest absolute Gasteiger partial charge is 0.231 e. The summed E-state index contributed by atoms with van der Waals surface area (Å²) in [5.41, 5.74) is 8.45. The molecule has 0 spiro atoms. The van der Waals surface area contributed by atoms with E-state index in [2.05, 4.69) is 17.1 Å². The molecule has 0 radical (unpaired) electrons. The highest BCUT2D eigenvalue weighted by Crippen LogP contribution is 2.33. The Balaban J connectivity index is 1.47. The number of carbonyl (C=O) groups excluding carboxylic acids is 2. The maximum Gasteiger partial charge on any atom is 0.231 e. The molecule has 2 aliphatic heterocycles. The fourth-order valence-electron chi connectivity index (χ4n) is 4.58. The maximum absolute atomic E-state index is 13.2. The van der Waals surface area contributed by atoms with Crippen LogP contribution in [0.3, 0.4) is 0 Å². The van der Waals surface area contributed by atoms with Gasteiger partial charge in [0, 0.05) is 44.7 Å². The van der Waals surface area contributed by atoms with Crippen LogP contribution < -0.4 is 11.1 Å². The van der Waals surface area contributed by atoms with Crippen molar-refractivity contribution in [1.82, 2.24) is 15.1 Å². The number of hydrogen-bond acceptors (Lipinski definition) is 6. The first-order valence-electron chi connectivity index (χ1n) is 10.6. The summed E-state index contributed by atoms with van der Waals surface area (Å²) in [5, 5.41) is 4.09. The Morgan fingerprint density at radius 1 is 1.23 bits per heavy atom. The van der Waals surface area contributed by atoms with Gasteiger partial charge in [-0.1, -0.05) is 36.2 Å². The van der Waals surface area contributed by atoms with Crippen molar-refractivity contribution in [3.8, 4) is 0 Å². The summed E-state index contributed by atoms with van der Waals surface area (Å²) in [4.78, 5) is 34.4. The van der Waals surface area contributed by atoms with Crippen LogP contribution >= 0.6 is 23.2 Å². The van der Waals surface area contributed by atoms with Gasteiger partial charge < -0.3 is 20.9 Å². The molecule has 1 amide bonds. The van der Waals surface area contributed by atoms with E-state index in [1.54, 1.807) is 18.2 Å². The van der Waals surface area contributed by atoms with E-state index in [0.29, 0.717) is 48.3 Å². The number of allylic oxidation sites excluding steroid dienone is 1. The standard InChI is InChI=1S/C22H27Cl2N5O2/c1-12-9-18(30)20-19(12)21(27-13(2)26-20)28-5-7-29(8-6-28)22(31)15(11-25)14-3-4-16(23)17(24)10-14/h3-4,10,12-13,15,26H,5-9,11,25H2,1-2H3/t12-,13?,15-/m1/s1. The summed E-state index contributed by atoms with van der Waals surface area (Å²) in [6.45, 7) is 6.67. The molecule has 3 aliphatic rings. The van der Waals surface area contributed by atoms with Crippen molar-refractivity contribution in [2.45, 2.75) is 32.4 Å². The molecule has 0 bridgehead atoms. The Labute approximate surface area is 192 Å². The topological polar surface area (TPSA) is 91.0 Å². The van der Waals surface area contributed by atoms with E-state index in [0.717, 1.165) is 17.0 Å². The quantitative estimate of drug-likeness (QED) is 0.717. The molecule has 1 fully saturated rings. The maximum atomic E-state index is 13.2. The lowest BCUT2D eigenvalue weighted by atomic mass is 9.97. The second-order valence-electron chi connectivity index (χ2n) is 8.36. The van der Waals surface area contributed by atoms with Gasteiger partial charge >= 0.3 is 0 Å². The molecule has 2 heterocycles. The van der Waals surface area contributed by atoms with E-state index < -0.39 is 5.92 Å². The van der Waals surface area contributed by atoms with E-state index >= 15 is 0 Å². The van der Waals surface area contributed by atoms with Crippen molar-refractivity contribution in [2.24, 2.45) is 16.6 Å². The average Bonchev–Trinajstić information content (AvgIpc) is 3.04. The second kappa shape index (κ2) is 8.81. The van der Waals surface area contributed by atoms with Gasteiger partial charge in [-0.25, -0.2) is 4.99 Å². The van der Waals surface area contributed by atoms with Gasteiger partial charge in [-0.05, 0) is 30.5 Å². The lowest BCUT2D eigenvalue weighted by Gasteiger charge is -2.40. The number of nitrogens with two attached hydrogens (primary N) is 1. The van der Waals surface area contributed by atoms with Crippen molar-refractivity contribution in [1.29, 1.82) is 0 Å². The lowest BCUT2D eigenvalue weighted by Crippen LogP contribution is -2.53. The van der Waals surface area contributed by atoms with Gasteiger partial charge in [-0.15, -0.1) is 0 Å². The molecule has 1 aromatic rings. The highest BCUT2D eigenvalue weighted by Gasteiger charge is 2.39. The SMILES string of the molecule is CC1N=C(N2CCN(C(=O)[C@H](CN)c3ccc(Cl)c(Cl)c3)CC2)C2=C(N1)C(=O)C[C@H]2C. The predicted octanol–water partition coefficient (Wildman–Crippen LogP) is 2.39. The minimum Gasteiger partial charge on any atom is -0.361 e. The van der Waals surface area contributed by atoms with Crippen LogP contribution in [0.25, 0.3) is 0 Å². The van der Waals surface area contributed by atoms with Crippen LogP contribution in [-0.2, 0) is 9.59 Å². The summed E-state index contributed by atoms with van der Waals surface area (Å²) >= 11 is 12.1. The van der Waals surface area contributed by atoms with E-state index in [1.165, 1.54) is 0 Å². The molecule has 31 heavy (non-hydrogen) atoms. The number of Topliss-reactive ketones (excluding diaryl/α,β-unsaturated/α-hetero) is 1. The molecule has 1 unspecified atom stereocenters. The van der Waals surface area contributed by atoms with Crippen molar-refractivity contribution in [3.05, 3.63) is 45.1 Å². The average molecular weight is 464 g/mol. The number of amidine groups is 1. The van der Waals surface area contributed by atoms with Crippen LogP contribution in [0.2, 0.25) is 10.0 Å². The lowest BCUT2D eigenvalue weighted by molar-refractivity contribution is -0.133. The van der Waals surface area contributed by atoms with E-state index in [4.69, 9.17) is 33.9 Å². The van der Waals surface area contributed by atoms with Crippen LogP contribution in [0.15, 0.2) is 34.5 Å². The zero-order valence-corrected chi connectivity index (χ0v) is 19.2. The van der Waals surface area contributed by atoms with Crippen LogP contribution in [0.4, 0.5) is 0 Å². The third-order valence-corrected chi connectivity index (χ3v) is 6.95. The molecule has 1 saturated heterocycles. The monoisotopic (exact) mass is 463 g/mol. The van der Waals surface area contributed by atoms with E-state index in [9.17, 15) is 9.59 Å². The first-order chi connectivity index (χ1) is 14.8. The molecule has 0 aromatic heterocycles. The number of amides is 1. The van der Waals surface area contributed by atoms with Crippen LogP contribution in [0.1, 0.15) is 31.7 Å². The normalized spacial score (nSPS) is 24.7. The number of nitrogens with one attached hydrogen (secondary N) is 1. The van der Waals surface area contributed by atoms with Gasteiger partial charge in [0.1, 0.15) is 12.0 Å². The number of benzene rings is 1. The number of halogens is 2. The Morgan fingerprint density at radius 3 is 2.58 bits per heavy atom. The van der Waals surface area contributed by atoms with Crippen LogP contribution in [-0.4, -0.2) is 66.2 Å². The minimum atomic E-state index is -0.459. The van der Waals surface area contributed by atoms with Gasteiger partial charge in [0.2, 0.25) is 5.91 Å². The van der Waals surface area contributed by atoms with Crippen molar-refractivity contribution in [2.75, 3.05) is 32.7 Å². The summed E-state index contributed by atoms with van der Waals surface area (Å²) in [6, 6.07) is 5.21. The van der Waals surface area contributed by atoms with Crippen LogP contribution in [0, 0.1) is 5.92 Å². The Morgan fingerprint density at radius 2 is 1.94 bits per heavy atom. The molecule has 4 rings (SSSR count).